The van der Waals surface area contributed by atoms with E-state index in [2.05, 4.69) is 0 Å². The summed E-state index contributed by atoms with van der Waals surface area (Å²) in [6, 6.07) is 9.76. The van der Waals surface area contributed by atoms with E-state index in [0.29, 0.717) is 27.3 Å². The monoisotopic (exact) mass is 416 g/mol. The van der Waals surface area contributed by atoms with Crippen molar-refractivity contribution in [2.45, 2.75) is 0 Å². The Morgan fingerprint density at radius 1 is 1.29 bits per heavy atom. The summed E-state index contributed by atoms with van der Waals surface area (Å²) in [4.78, 5) is 25.5. The van der Waals surface area contributed by atoms with Gasteiger partial charge in [-0.05, 0) is 24.3 Å². The lowest BCUT2D eigenvalue weighted by molar-refractivity contribution is -0.385. The quantitative estimate of drug-likeness (QED) is 0.322. The lowest BCUT2D eigenvalue weighted by Crippen LogP contribution is -2.27. The highest BCUT2D eigenvalue weighted by molar-refractivity contribution is 8.27. The van der Waals surface area contributed by atoms with Crippen molar-refractivity contribution >= 4 is 51.7 Å². The van der Waals surface area contributed by atoms with Crippen LogP contribution >= 0.6 is 24.0 Å². The number of fused-ring (bicyclic) bond motifs is 1. The molecule has 8 nitrogen and oxygen atoms in total. The van der Waals surface area contributed by atoms with Crippen molar-refractivity contribution in [1.29, 1.82) is 0 Å². The fraction of sp³-hybridized carbons (Fsp3) is 0.111. The van der Waals surface area contributed by atoms with Gasteiger partial charge < -0.3 is 14.2 Å². The van der Waals surface area contributed by atoms with Crippen LogP contribution in [0.15, 0.2) is 41.3 Å². The maximum atomic E-state index is 13.0. The van der Waals surface area contributed by atoms with Crippen molar-refractivity contribution in [3.05, 3.63) is 57.0 Å². The molecule has 2 aliphatic heterocycles. The van der Waals surface area contributed by atoms with Gasteiger partial charge in [0.2, 0.25) is 6.79 Å². The van der Waals surface area contributed by atoms with Gasteiger partial charge in [0.05, 0.1) is 34.3 Å². The van der Waals surface area contributed by atoms with Crippen LogP contribution in [0.1, 0.15) is 5.56 Å². The fourth-order valence-corrected chi connectivity index (χ4v) is 4.13. The molecule has 0 saturated carbocycles. The van der Waals surface area contributed by atoms with Gasteiger partial charge in [-0.25, -0.2) is 0 Å². The molecule has 2 aliphatic rings. The third kappa shape index (κ3) is 3.06. The number of hydrogen-bond donors (Lipinski definition) is 0. The van der Waals surface area contributed by atoms with Crippen molar-refractivity contribution in [2.24, 2.45) is 0 Å². The molecule has 2 aromatic carbocycles. The number of carbonyl (C=O) groups is 1. The van der Waals surface area contributed by atoms with Crippen LogP contribution in [0.5, 0.6) is 17.2 Å². The zero-order valence-electron chi connectivity index (χ0n) is 14.4. The zero-order valence-corrected chi connectivity index (χ0v) is 16.0. The van der Waals surface area contributed by atoms with Gasteiger partial charge in [0, 0.05) is 0 Å². The summed E-state index contributed by atoms with van der Waals surface area (Å²) in [5.41, 5.74) is 0.553. The van der Waals surface area contributed by atoms with Gasteiger partial charge in [0.1, 0.15) is 5.75 Å². The number of ether oxygens (including phenoxy) is 3. The number of hydrogen-bond acceptors (Lipinski definition) is 8. The first-order chi connectivity index (χ1) is 13.5. The molecule has 0 aromatic heterocycles. The molecule has 0 N–H and O–H groups in total. The number of rotatable bonds is 4. The minimum absolute atomic E-state index is 0.00808. The number of thiocarbonyl (C=S) groups is 1. The van der Waals surface area contributed by atoms with E-state index in [9.17, 15) is 14.9 Å². The molecule has 0 atom stereocenters. The summed E-state index contributed by atoms with van der Waals surface area (Å²) in [6.45, 7) is -0.00808. The molecule has 28 heavy (non-hydrogen) atoms. The van der Waals surface area contributed by atoms with Gasteiger partial charge in [-0.15, -0.1) is 0 Å². The normalized spacial score (nSPS) is 16.8. The minimum atomic E-state index is -0.533. The molecule has 0 spiro atoms. The molecule has 1 saturated heterocycles. The van der Waals surface area contributed by atoms with Gasteiger partial charge >= 0.3 is 0 Å². The Kier molecular flexibility index (Phi) is 4.65. The third-order valence-electron chi connectivity index (χ3n) is 4.12. The van der Waals surface area contributed by atoms with Crippen LogP contribution in [-0.2, 0) is 4.79 Å². The number of thioether (sulfide) groups is 1. The van der Waals surface area contributed by atoms with E-state index in [4.69, 9.17) is 26.4 Å². The fourth-order valence-electron chi connectivity index (χ4n) is 2.85. The summed E-state index contributed by atoms with van der Waals surface area (Å²) in [5, 5.41) is 11.4. The summed E-state index contributed by atoms with van der Waals surface area (Å²) in [6.07, 6.45) is 1.44. The van der Waals surface area contributed by atoms with E-state index < -0.39 is 4.92 Å². The first kappa shape index (κ1) is 18.3. The molecule has 4 rings (SSSR count). The number of carbonyl (C=O) groups excluding carboxylic acids is 1. The first-order valence-corrected chi connectivity index (χ1v) is 9.21. The molecule has 1 amide bonds. The second kappa shape index (κ2) is 7.13. The van der Waals surface area contributed by atoms with Crippen LogP contribution < -0.4 is 19.1 Å². The van der Waals surface area contributed by atoms with E-state index in [1.807, 2.05) is 0 Å². The predicted octanol–water partition coefficient (Wildman–Crippen LogP) is 3.74. The van der Waals surface area contributed by atoms with Gasteiger partial charge in [-0.3, -0.25) is 19.8 Å². The number of nitro benzene ring substituents is 1. The Bertz CT molecular complexity index is 1050. The van der Waals surface area contributed by atoms with E-state index in [-0.39, 0.29) is 28.9 Å². The Labute approximate surface area is 168 Å². The van der Waals surface area contributed by atoms with Crippen LogP contribution in [0.25, 0.3) is 6.08 Å². The average Bonchev–Trinajstić information content (AvgIpc) is 3.24. The number of nitrogens with zero attached hydrogens (tertiary/aromatic N) is 2. The Morgan fingerprint density at radius 2 is 2.00 bits per heavy atom. The van der Waals surface area contributed by atoms with Gasteiger partial charge in [0.15, 0.2) is 15.8 Å². The van der Waals surface area contributed by atoms with Gasteiger partial charge in [-0.1, -0.05) is 36.1 Å². The summed E-state index contributed by atoms with van der Waals surface area (Å²) in [5.74, 6) is 0.794. The number of anilines is 1. The predicted molar refractivity (Wildman–Crippen MR) is 108 cm³/mol. The molecule has 0 aliphatic carbocycles. The summed E-state index contributed by atoms with van der Waals surface area (Å²) in [7, 11) is 1.50. The minimum Gasteiger partial charge on any atom is -0.495 e. The maximum absolute atomic E-state index is 13.0. The number of methoxy groups -OCH3 is 1. The van der Waals surface area contributed by atoms with Crippen molar-refractivity contribution < 1.29 is 23.9 Å². The topological polar surface area (TPSA) is 91.1 Å². The number of benzene rings is 2. The zero-order chi connectivity index (χ0) is 19.8. The van der Waals surface area contributed by atoms with Crippen molar-refractivity contribution in [2.75, 3.05) is 18.8 Å². The number of amides is 1. The van der Waals surface area contributed by atoms with Crippen LogP contribution in [0.3, 0.4) is 0 Å². The second-order valence-corrected chi connectivity index (χ2v) is 7.39. The van der Waals surface area contributed by atoms with Crippen molar-refractivity contribution in [3.63, 3.8) is 0 Å². The smallest absolute Gasteiger partial charge is 0.280 e. The largest absolute Gasteiger partial charge is 0.495 e. The maximum Gasteiger partial charge on any atom is 0.280 e. The Balaban J connectivity index is 1.75. The molecule has 2 heterocycles. The highest BCUT2D eigenvalue weighted by Crippen LogP contribution is 2.43. The lowest BCUT2D eigenvalue weighted by atomic mass is 10.1. The van der Waals surface area contributed by atoms with Crippen LogP contribution in [0, 0.1) is 10.1 Å². The standard InChI is InChI=1S/C18H12N2O6S2/c1-24-13-5-3-2-4-11(13)19-17(21)16(28-18(19)27)7-10-6-14-15(26-9-25-14)8-12(10)20(22)23/h2-8H,9H2,1H3/b16-7-. The molecular formula is C18H12N2O6S2. The van der Waals surface area contributed by atoms with Gasteiger partial charge in [0.25, 0.3) is 11.6 Å². The summed E-state index contributed by atoms with van der Waals surface area (Å²) >= 11 is 6.42. The Hall–Kier alpha value is -3.11. The second-order valence-electron chi connectivity index (χ2n) is 5.71. The van der Waals surface area contributed by atoms with E-state index >= 15 is 0 Å². The SMILES string of the molecule is COc1ccccc1N1C(=O)/C(=C/c2cc3c(cc2[N+](=O)[O-])OCO3)SC1=S. The van der Waals surface area contributed by atoms with Crippen LogP contribution in [-0.4, -0.2) is 29.1 Å². The molecule has 0 unspecified atom stereocenters. The van der Waals surface area contributed by atoms with Crippen LogP contribution in [0.2, 0.25) is 0 Å². The number of nitro groups is 1. The number of para-hydroxylation sites is 2. The summed E-state index contributed by atoms with van der Waals surface area (Å²) < 4.78 is 16.1. The molecule has 0 radical (unpaired) electrons. The van der Waals surface area contributed by atoms with E-state index in [1.165, 1.54) is 30.2 Å². The molecule has 2 aromatic rings. The van der Waals surface area contributed by atoms with Gasteiger partial charge in [-0.2, -0.15) is 0 Å². The molecule has 0 bridgehead atoms. The van der Waals surface area contributed by atoms with E-state index in [0.717, 1.165) is 11.8 Å². The van der Waals surface area contributed by atoms with Crippen molar-refractivity contribution in [3.8, 4) is 17.2 Å². The first-order valence-electron chi connectivity index (χ1n) is 7.98. The Morgan fingerprint density at radius 3 is 2.71 bits per heavy atom. The average molecular weight is 416 g/mol. The van der Waals surface area contributed by atoms with E-state index in [1.54, 1.807) is 24.3 Å². The molecule has 142 valence electrons. The molecular weight excluding hydrogens is 404 g/mol. The lowest BCUT2D eigenvalue weighted by Gasteiger charge is -2.17. The third-order valence-corrected chi connectivity index (χ3v) is 5.43. The molecule has 1 fully saturated rings. The highest BCUT2D eigenvalue weighted by atomic mass is 32.2. The highest BCUT2D eigenvalue weighted by Gasteiger charge is 2.35. The molecule has 10 heteroatoms. The van der Waals surface area contributed by atoms with Crippen LogP contribution in [0.4, 0.5) is 11.4 Å². The van der Waals surface area contributed by atoms with Crippen molar-refractivity contribution in [1.82, 2.24) is 0 Å².